The van der Waals surface area contributed by atoms with Crippen LogP contribution >= 0.6 is 11.6 Å². The largest absolute Gasteiger partial charge is 0.506 e. The van der Waals surface area contributed by atoms with Crippen molar-refractivity contribution in [2.75, 3.05) is 13.1 Å². The van der Waals surface area contributed by atoms with Crippen molar-refractivity contribution in [3.63, 3.8) is 0 Å². The van der Waals surface area contributed by atoms with Gasteiger partial charge >= 0.3 is 5.97 Å². The van der Waals surface area contributed by atoms with E-state index < -0.39 is 5.97 Å². The molecule has 0 spiro atoms. The maximum atomic E-state index is 12.1. The van der Waals surface area contributed by atoms with Gasteiger partial charge in [0.15, 0.2) is 0 Å². The third kappa shape index (κ3) is 2.22. The second kappa shape index (κ2) is 4.66. The van der Waals surface area contributed by atoms with Crippen LogP contribution in [0.4, 0.5) is 0 Å². The lowest BCUT2D eigenvalue weighted by molar-refractivity contribution is -0.140. The molecule has 0 aromatic heterocycles. The number of aromatic hydroxyl groups is 1. The molecule has 1 saturated carbocycles. The van der Waals surface area contributed by atoms with Gasteiger partial charge in [0.25, 0.3) is 0 Å². The van der Waals surface area contributed by atoms with Gasteiger partial charge in [-0.15, -0.1) is 0 Å². The summed E-state index contributed by atoms with van der Waals surface area (Å²) in [5, 5.41) is 18.5. The average Bonchev–Trinajstić information content (AvgIpc) is 2.90. The quantitative estimate of drug-likeness (QED) is 0.883. The van der Waals surface area contributed by atoms with Gasteiger partial charge in [0.1, 0.15) is 5.75 Å². The Balaban J connectivity index is 1.59. The van der Waals surface area contributed by atoms with E-state index in [0.717, 1.165) is 5.56 Å². The third-order valence-electron chi connectivity index (χ3n) is 4.20. The van der Waals surface area contributed by atoms with Gasteiger partial charge in [-0.3, -0.25) is 9.59 Å². The summed E-state index contributed by atoms with van der Waals surface area (Å²) in [4.78, 5) is 24.7. The molecule has 0 bridgehead atoms. The number of phenolic OH excluding ortho intramolecular Hbond substituents is 1. The molecule has 1 heterocycles. The number of carboxylic acid groups (broad SMARTS) is 1. The normalized spacial score (nSPS) is 27.2. The minimum Gasteiger partial charge on any atom is -0.506 e. The summed E-state index contributed by atoms with van der Waals surface area (Å²) in [5.74, 6) is -0.794. The summed E-state index contributed by atoms with van der Waals surface area (Å²) >= 11 is 5.80. The van der Waals surface area contributed by atoms with E-state index in [0.29, 0.717) is 13.1 Å². The van der Waals surface area contributed by atoms with Crippen molar-refractivity contribution in [1.82, 2.24) is 4.90 Å². The van der Waals surface area contributed by atoms with Crippen LogP contribution in [-0.4, -0.2) is 40.1 Å². The van der Waals surface area contributed by atoms with Gasteiger partial charge in [-0.25, -0.2) is 0 Å². The second-order valence-electron chi connectivity index (χ2n) is 5.45. The number of likely N-dealkylation sites (tertiary alicyclic amines) is 1. The molecule has 20 heavy (non-hydrogen) atoms. The van der Waals surface area contributed by atoms with Crippen molar-refractivity contribution < 1.29 is 19.8 Å². The van der Waals surface area contributed by atoms with E-state index in [9.17, 15) is 14.7 Å². The SMILES string of the molecule is O=C(O)C1[C@H]2CN(C(=O)Cc3ccc(O)c(Cl)c3)C[C@@H]12. The summed E-state index contributed by atoms with van der Waals surface area (Å²) in [6.07, 6.45) is 0.219. The maximum absolute atomic E-state index is 12.1. The first-order valence-electron chi connectivity index (χ1n) is 6.45. The number of aliphatic carboxylic acids is 1. The molecule has 1 amide bonds. The van der Waals surface area contributed by atoms with E-state index in [-0.39, 0.29) is 40.9 Å². The van der Waals surface area contributed by atoms with Crippen molar-refractivity contribution in [3.05, 3.63) is 28.8 Å². The number of amides is 1. The number of halogens is 1. The van der Waals surface area contributed by atoms with E-state index in [1.54, 1.807) is 17.0 Å². The van der Waals surface area contributed by atoms with Gasteiger partial charge in [0.05, 0.1) is 17.4 Å². The Hall–Kier alpha value is -1.75. The molecule has 2 aliphatic rings. The number of hydrogen-bond acceptors (Lipinski definition) is 3. The molecule has 106 valence electrons. The van der Waals surface area contributed by atoms with Gasteiger partial charge in [-0.05, 0) is 29.5 Å². The highest BCUT2D eigenvalue weighted by Gasteiger charge is 2.60. The number of carbonyl (C=O) groups is 2. The zero-order valence-electron chi connectivity index (χ0n) is 10.6. The maximum Gasteiger partial charge on any atom is 0.307 e. The number of benzene rings is 1. The Morgan fingerprint density at radius 1 is 1.30 bits per heavy atom. The number of carbonyl (C=O) groups excluding carboxylic acids is 1. The zero-order valence-corrected chi connectivity index (χ0v) is 11.4. The first-order chi connectivity index (χ1) is 9.47. The van der Waals surface area contributed by atoms with Crippen molar-refractivity contribution in [2.45, 2.75) is 6.42 Å². The number of rotatable bonds is 3. The number of nitrogens with zero attached hydrogens (tertiary/aromatic N) is 1. The zero-order chi connectivity index (χ0) is 14.4. The highest BCUT2D eigenvalue weighted by molar-refractivity contribution is 6.32. The highest BCUT2D eigenvalue weighted by atomic mass is 35.5. The molecule has 1 aliphatic heterocycles. The first-order valence-corrected chi connectivity index (χ1v) is 6.83. The summed E-state index contributed by atoms with van der Waals surface area (Å²) in [6.45, 7) is 1.07. The number of piperidine rings is 1. The fraction of sp³-hybridized carbons (Fsp3) is 0.429. The molecule has 0 radical (unpaired) electrons. The van der Waals surface area contributed by atoms with Crippen LogP contribution in [0, 0.1) is 17.8 Å². The van der Waals surface area contributed by atoms with Crippen LogP contribution in [0.5, 0.6) is 5.75 Å². The van der Waals surface area contributed by atoms with E-state index >= 15 is 0 Å². The van der Waals surface area contributed by atoms with E-state index in [2.05, 4.69) is 0 Å². The predicted octanol–water partition coefficient (Wildman–Crippen LogP) is 1.38. The number of phenols is 1. The van der Waals surface area contributed by atoms with Crippen LogP contribution < -0.4 is 0 Å². The Bertz CT molecular complexity index is 577. The summed E-state index contributed by atoms with van der Waals surface area (Å²) in [5.41, 5.74) is 0.744. The Morgan fingerprint density at radius 2 is 1.95 bits per heavy atom. The van der Waals surface area contributed by atoms with Gasteiger partial charge < -0.3 is 15.1 Å². The van der Waals surface area contributed by atoms with E-state index in [1.807, 2.05) is 0 Å². The molecular formula is C14H14ClNO4. The molecule has 5 nitrogen and oxygen atoms in total. The lowest BCUT2D eigenvalue weighted by Crippen LogP contribution is -2.33. The van der Waals surface area contributed by atoms with Crippen molar-refractivity contribution in [3.8, 4) is 5.75 Å². The van der Waals surface area contributed by atoms with Crippen LogP contribution in [0.25, 0.3) is 0 Å². The molecule has 2 N–H and O–H groups in total. The Morgan fingerprint density at radius 3 is 2.50 bits per heavy atom. The standard InChI is InChI=1S/C14H14ClNO4/c15-10-3-7(1-2-11(10)17)4-12(18)16-5-8-9(6-16)13(8)14(19)20/h1-3,8-9,13,17H,4-6H2,(H,19,20)/t8-,9+,13?. The minimum absolute atomic E-state index is 0.00502. The predicted molar refractivity (Wildman–Crippen MR) is 71.5 cm³/mol. The van der Waals surface area contributed by atoms with Gasteiger partial charge in [-0.2, -0.15) is 0 Å². The molecule has 6 heteroatoms. The monoisotopic (exact) mass is 295 g/mol. The fourth-order valence-electron chi connectivity index (χ4n) is 3.04. The topological polar surface area (TPSA) is 77.8 Å². The van der Waals surface area contributed by atoms with E-state index in [4.69, 9.17) is 16.7 Å². The minimum atomic E-state index is -0.752. The first kappa shape index (κ1) is 13.2. The molecule has 2 fully saturated rings. The Kier molecular flexibility index (Phi) is 3.09. The number of hydrogen-bond donors (Lipinski definition) is 2. The molecule has 3 atom stereocenters. The smallest absolute Gasteiger partial charge is 0.307 e. The molecular weight excluding hydrogens is 282 g/mol. The van der Waals surface area contributed by atoms with Crippen LogP contribution in [0.3, 0.4) is 0 Å². The second-order valence-corrected chi connectivity index (χ2v) is 5.86. The summed E-state index contributed by atoms with van der Waals surface area (Å²) in [7, 11) is 0. The fourth-order valence-corrected chi connectivity index (χ4v) is 3.25. The summed E-state index contributed by atoms with van der Waals surface area (Å²) < 4.78 is 0. The van der Waals surface area contributed by atoms with Gasteiger partial charge in [0.2, 0.25) is 5.91 Å². The van der Waals surface area contributed by atoms with Crippen LogP contribution in [0.2, 0.25) is 5.02 Å². The number of carboxylic acids is 1. The average molecular weight is 296 g/mol. The van der Waals surface area contributed by atoms with Crippen molar-refractivity contribution in [2.24, 2.45) is 17.8 Å². The van der Waals surface area contributed by atoms with Crippen molar-refractivity contribution >= 4 is 23.5 Å². The van der Waals surface area contributed by atoms with Crippen LogP contribution in [0.15, 0.2) is 18.2 Å². The van der Waals surface area contributed by atoms with Crippen molar-refractivity contribution in [1.29, 1.82) is 0 Å². The third-order valence-corrected chi connectivity index (χ3v) is 4.50. The molecule has 1 aliphatic carbocycles. The lowest BCUT2D eigenvalue weighted by atomic mass is 10.1. The lowest BCUT2D eigenvalue weighted by Gasteiger charge is -2.19. The van der Waals surface area contributed by atoms with Crippen LogP contribution in [-0.2, 0) is 16.0 Å². The molecule has 3 rings (SSSR count). The molecule has 1 aromatic carbocycles. The molecule has 1 saturated heterocycles. The Labute approximate surface area is 120 Å². The van der Waals surface area contributed by atoms with E-state index in [1.165, 1.54) is 6.07 Å². The molecule has 1 unspecified atom stereocenters. The number of fused-ring (bicyclic) bond motifs is 1. The van der Waals surface area contributed by atoms with Crippen LogP contribution in [0.1, 0.15) is 5.56 Å². The van der Waals surface area contributed by atoms with Gasteiger partial charge in [-0.1, -0.05) is 17.7 Å². The van der Waals surface area contributed by atoms with Gasteiger partial charge in [0, 0.05) is 13.1 Å². The molecule has 1 aromatic rings. The highest BCUT2D eigenvalue weighted by Crippen LogP contribution is 2.51. The summed E-state index contributed by atoms with van der Waals surface area (Å²) in [6, 6.07) is 4.70.